The average molecular weight is 380 g/mol. The van der Waals surface area contributed by atoms with Crippen molar-refractivity contribution in [2.24, 2.45) is 5.92 Å². The van der Waals surface area contributed by atoms with Crippen LogP contribution in [0.25, 0.3) is 0 Å². The van der Waals surface area contributed by atoms with E-state index < -0.39 is 0 Å². The summed E-state index contributed by atoms with van der Waals surface area (Å²) in [6, 6.07) is 15.2. The van der Waals surface area contributed by atoms with E-state index in [9.17, 15) is 9.59 Å². The highest BCUT2D eigenvalue weighted by molar-refractivity contribution is 6.04. The van der Waals surface area contributed by atoms with E-state index in [1.807, 2.05) is 43.3 Å². The molecule has 5 heteroatoms. The molecule has 0 radical (unpaired) electrons. The van der Waals surface area contributed by atoms with Crippen molar-refractivity contribution in [1.29, 1.82) is 0 Å². The second-order valence-electron chi connectivity index (χ2n) is 7.74. The molecule has 2 amide bonds. The van der Waals surface area contributed by atoms with Gasteiger partial charge in [-0.3, -0.25) is 14.5 Å². The summed E-state index contributed by atoms with van der Waals surface area (Å²) in [5.41, 5.74) is 3.26. The number of nitrogens with one attached hydrogen (secondary N) is 2. The van der Waals surface area contributed by atoms with E-state index in [1.165, 1.54) is 12.0 Å². The molecule has 28 heavy (non-hydrogen) atoms. The van der Waals surface area contributed by atoms with Gasteiger partial charge in [0.05, 0.1) is 17.8 Å². The van der Waals surface area contributed by atoms with Crippen LogP contribution in [-0.4, -0.2) is 36.3 Å². The first-order valence-electron chi connectivity index (χ1n) is 9.96. The Bertz CT molecular complexity index is 817. The van der Waals surface area contributed by atoms with Crippen molar-refractivity contribution in [3.63, 3.8) is 0 Å². The lowest BCUT2D eigenvalue weighted by molar-refractivity contribution is -0.117. The molecule has 2 N–H and O–H groups in total. The van der Waals surface area contributed by atoms with Crippen LogP contribution in [0.4, 0.5) is 5.69 Å². The summed E-state index contributed by atoms with van der Waals surface area (Å²) >= 11 is 0. The van der Waals surface area contributed by atoms with Gasteiger partial charge in [0.25, 0.3) is 5.91 Å². The first kappa shape index (κ1) is 20.1. The molecular weight excluding hydrogens is 350 g/mol. The molecule has 0 aromatic heterocycles. The van der Waals surface area contributed by atoms with Gasteiger partial charge in [-0.2, -0.15) is 0 Å². The van der Waals surface area contributed by atoms with Gasteiger partial charge in [-0.15, -0.1) is 0 Å². The summed E-state index contributed by atoms with van der Waals surface area (Å²) in [5, 5.41) is 5.85. The fourth-order valence-electron chi connectivity index (χ4n) is 3.60. The molecule has 0 aliphatic carbocycles. The molecule has 0 spiro atoms. The largest absolute Gasteiger partial charge is 0.348 e. The number of carbonyl (C=O) groups excluding carboxylic acids is 2. The average Bonchev–Trinajstić information content (AvgIpc) is 2.67. The third-order valence-electron chi connectivity index (χ3n) is 5.13. The molecule has 2 aromatic carbocycles. The van der Waals surface area contributed by atoms with Gasteiger partial charge in [0.15, 0.2) is 0 Å². The Morgan fingerprint density at radius 3 is 2.61 bits per heavy atom. The highest BCUT2D eigenvalue weighted by Crippen LogP contribution is 2.17. The third-order valence-corrected chi connectivity index (χ3v) is 5.13. The number of piperidine rings is 1. The lowest BCUT2D eigenvalue weighted by atomic mass is 10.0. The zero-order chi connectivity index (χ0) is 19.9. The van der Waals surface area contributed by atoms with E-state index >= 15 is 0 Å². The van der Waals surface area contributed by atoms with Crippen molar-refractivity contribution < 1.29 is 9.59 Å². The van der Waals surface area contributed by atoms with Crippen molar-refractivity contribution in [3.8, 4) is 0 Å². The summed E-state index contributed by atoms with van der Waals surface area (Å²) in [7, 11) is 0. The van der Waals surface area contributed by atoms with Gasteiger partial charge in [-0.05, 0) is 49.9 Å². The smallest absolute Gasteiger partial charge is 0.253 e. The SMILES string of the molecule is Cc1ccc(CNC(=O)c2ccccc2NC(=O)CN2CCCC(C)C2)cc1. The molecule has 1 atom stereocenters. The summed E-state index contributed by atoms with van der Waals surface area (Å²) in [6.45, 7) is 6.98. The molecule has 0 bridgehead atoms. The number of para-hydroxylation sites is 1. The first-order valence-corrected chi connectivity index (χ1v) is 9.96. The van der Waals surface area contributed by atoms with Gasteiger partial charge >= 0.3 is 0 Å². The van der Waals surface area contributed by atoms with Crippen LogP contribution in [0.5, 0.6) is 0 Å². The second-order valence-corrected chi connectivity index (χ2v) is 7.74. The number of carbonyl (C=O) groups is 2. The van der Waals surface area contributed by atoms with E-state index in [2.05, 4.69) is 22.5 Å². The Kier molecular flexibility index (Phi) is 6.82. The molecular formula is C23H29N3O2. The number of likely N-dealkylation sites (tertiary alicyclic amines) is 1. The standard InChI is InChI=1S/C23H29N3O2/c1-17-9-11-19(12-10-17)14-24-23(28)20-7-3-4-8-21(20)25-22(27)16-26-13-5-6-18(2)15-26/h3-4,7-12,18H,5-6,13-16H2,1-2H3,(H,24,28)(H,25,27). The zero-order valence-corrected chi connectivity index (χ0v) is 16.7. The Labute approximate surface area is 167 Å². The van der Waals surface area contributed by atoms with Gasteiger partial charge < -0.3 is 10.6 Å². The van der Waals surface area contributed by atoms with Crippen LogP contribution >= 0.6 is 0 Å². The molecule has 3 rings (SSSR count). The Morgan fingerprint density at radius 1 is 1.11 bits per heavy atom. The molecule has 1 saturated heterocycles. The van der Waals surface area contributed by atoms with Crippen molar-refractivity contribution in [2.75, 3.05) is 25.0 Å². The predicted molar refractivity (Wildman–Crippen MR) is 112 cm³/mol. The zero-order valence-electron chi connectivity index (χ0n) is 16.7. The van der Waals surface area contributed by atoms with Gasteiger partial charge in [0, 0.05) is 13.1 Å². The summed E-state index contributed by atoms with van der Waals surface area (Å²) in [4.78, 5) is 27.3. The topological polar surface area (TPSA) is 61.4 Å². The number of anilines is 1. The molecule has 148 valence electrons. The summed E-state index contributed by atoms with van der Waals surface area (Å²) < 4.78 is 0. The van der Waals surface area contributed by atoms with Crippen molar-refractivity contribution in [3.05, 3.63) is 65.2 Å². The predicted octanol–water partition coefficient (Wildman–Crippen LogP) is 3.60. The number of aryl methyl sites for hydroxylation is 1. The maximum absolute atomic E-state index is 12.6. The van der Waals surface area contributed by atoms with Gasteiger partial charge in [-0.25, -0.2) is 0 Å². The van der Waals surface area contributed by atoms with Gasteiger partial charge in [-0.1, -0.05) is 48.9 Å². The molecule has 1 heterocycles. The molecule has 0 saturated carbocycles. The van der Waals surface area contributed by atoms with E-state index in [-0.39, 0.29) is 11.8 Å². The number of hydrogen-bond acceptors (Lipinski definition) is 3. The molecule has 2 aromatic rings. The quantitative estimate of drug-likeness (QED) is 0.806. The number of hydrogen-bond donors (Lipinski definition) is 2. The minimum atomic E-state index is -0.192. The van der Waals surface area contributed by atoms with Crippen LogP contribution in [0.3, 0.4) is 0 Å². The van der Waals surface area contributed by atoms with Crippen molar-refractivity contribution in [1.82, 2.24) is 10.2 Å². The Morgan fingerprint density at radius 2 is 1.86 bits per heavy atom. The Balaban J connectivity index is 1.59. The molecule has 1 unspecified atom stereocenters. The van der Waals surface area contributed by atoms with E-state index in [0.29, 0.717) is 30.3 Å². The van der Waals surface area contributed by atoms with Crippen LogP contribution in [0, 0.1) is 12.8 Å². The highest BCUT2D eigenvalue weighted by Gasteiger charge is 2.19. The maximum atomic E-state index is 12.6. The fraction of sp³-hybridized carbons (Fsp3) is 0.391. The van der Waals surface area contributed by atoms with Crippen LogP contribution in [0.2, 0.25) is 0 Å². The second kappa shape index (κ2) is 9.51. The molecule has 5 nitrogen and oxygen atoms in total. The summed E-state index contributed by atoms with van der Waals surface area (Å²) in [5.74, 6) is 0.359. The van der Waals surface area contributed by atoms with E-state index in [4.69, 9.17) is 0 Å². The van der Waals surface area contributed by atoms with Crippen LogP contribution in [0.15, 0.2) is 48.5 Å². The monoisotopic (exact) mass is 379 g/mol. The number of rotatable bonds is 6. The highest BCUT2D eigenvalue weighted by atomic mass is 16.2. The molecule has 1 aliphatic rings. The van der Waals surface area contributed by atoms with E-state index in [1.54, 1.807) is 12.1 Å². The molecule has 1 fully saturated rings. The van der Waals surface area contributed by atoms with Crippen LogP contribution in [0.1, 0.15) is 41.3 Å². The number of amides is 2. The molecule has 1 aliphatic heterocycles. The fourth-order valence-corrected chi connectivity index (χ4v) is 3.60. The van der Waals surface area contributed by atoms with Crippen molar-refractivity contribution >= 4 is 17.5 Å². The lowest BCUT2D eigenvalue weighted by Gasteiger charge is -2.30. The normalized spacial score (nSPS) is 17.1. The third kappa shape index (κ3) is 5.67. The number of nitrogens with zero attached hydrogens (tertiary/aromatic N) is 1. The minimum absolute atomic E-state index is 0.0760. The van der Waals surface area contributed by atoms with Crippen LogP contribution in [-0.2, 0) is 11.3 Å². The summed E-state index contributed by atoms with van der Waals surface area (Å²) in [6.07, 6.45) is 2.36. The van der Waals surface area contributed by atoms with E-state index in [0.717, 1.165) is 25.1 Å². The minimum Gasteiger partial charge on any atom is -0.348 e. The van der Waals surface area contributed by atoms with Crippen molar-refractivity contribution in [2.45, 2.75) is 33.2 Å². The van der Waals surface area contributed by atoms with Crippen LogP contribution < -0.4 is 10.6 Å². The first-order chi connectivity index (χ1) is 13.5. The van der Waals surface area contributed by atoms with Gasteiger partial charge in [0.1, 0.15) is 0 Å². The maximum Gasteiger partial charge on any atom is 0.253 e. The Hall–Kier alpha value is -2.66. The number of benzene rings is 2. The lowest BCUT2D eigenvalue weighted by Crippen LogP contribution is -2.40. The van der Waals surface area contributed by atoms with Gasteiger partial charge in [0.2, 0.25) is 5.91 Å².